The van der Waals surface area contributed by atoms with E-state index in [0.29, 0.717) is 0 Å². The first-order chi connectivity index (χ1) is 9.62. The Bertz CT molecular complexity index is 294. The van der Waals surface area contributed by atoms with E-state index in [-0.39, 0.29) is 76.8 Å². The molecule has 0 rings (SSSR count). The molecule has 0 aliphatic rings. The van der Waals surface area contributed by atoms with Gasteiger partial charge in [-0.05, 0) is 12.8 Å². The molecule has 0 amide bonds. The summed E-state index contributed by atoms with van der Waals surface area (Å²) in [5, 5.41) is 8.57. The maximum atomic E-state index is 11.3. The van der Waals surface area contributed by atoms with Crippen molar-refractivity contribution in [3.63, 3.8) is 0 Å². The number of aliphatic hydroxyl groups is 1. The van der Waals surface area contributed by atoms with Crippen LogP contribution in [0.5, 0.6) is 0 Å². The molecule has 0 aromatic carbocycles. The van der Waals surface area contributed by atoms with Gasteiger partial charge in [-0.3, -0.25) is 4.18 Å². The van der Waals surface area contributed by atoms with Crippen LogP contribution in [0.1, 0.15) is 77.6 Å². The van der Waals surface area contributed by atoms with Gasteiger partial charge in [0.2, 0.25) is 0 Å². The molecule has 0 spiro atoms. The minimum atomic E-state index is -3.41. The van der Waals surface area contributed by atoms with Crippen molar-refractivity contribution >= 4 is 61.5 Å². The Balaban J connectivity index is 0. The van der Waals surface area contributed by atoms with E-state index in [1.165, 1.54) is 44.9 Å². The predicted octanol–water partition coefficient (Wildman–Crippen LogP) is 2.99. The summed E-state index contributed by atoms with van der Waals surface area (Å²) in [6.07, 6.45) is 12.4. The molecule has 0 saturated carbocycles. The van der Waals surface area contributed by atoms with Gasteiger partial charge in [-0.25, -0.2) is 0 Å². The van der Waals surface area contributed by atoms with Crippen molar-refractivity contribution in [2.75, 3.05) is 19.0 Å². The van der Waals surface area contributed by atoms with Crippen LogP contribution in [0.25, 0.3) is 0 Å². The quantitative estimate of drug-likeness (QED) is 0.281. The molecule has 4 nitrogen and oxygen atoms in total. The van der Waals surface area contributed by atoms with Crippen LogP contribution in [0.3, 0.4) is 0 Å². The van der Waals surface area contributed by atoms with Gasteiger partial charge in [-0.2, -0.15) is 8.42 Å². The summed E-state index contributed by atoms with van der Waals surface area (Å²) in [6.45, 7) is 2.40. The first-order valence-corrected chi connectivity index (χ1v) is 9.68. The van der Waals surface area contributed by atoms with E-state index in [0.717, 1.165) is 19.3 Å². The summed E-state index contributed by atoms with van der Waals surface area (Å²) in [6, 6.07) is 0. The monoisotopic (exact) mass is 348 g/mol. The van der Waals surface area contributed by atoms with Gasteiger partial charge in [0.1, 0.15) is 0 Å². The van der Waals surface area contributed by atoms with Gasteiger partial charge in [-0.1, -0.05) is 64.7 Å². The molecule has 0 aromatic rings. The number of hydrogen-bond donors (Lipinski definition) is 1. The van der Waals surface area contributed by atoms with E-state index in [2.05, 4.69) is 6.92 Å². The Morgan fingerprint density at radius 2 is 1.29 bits per heavy atom. The van der Waals surface area contributed by atoms with Crippen molar-refractivity contribution < 1.29 is 17.7 Å². The number of aliphatic hydroxyl groups excluding tert-OH is 1. The molecular weight excluding hydrogens is 315 g/mol. The topological polar surface area (TPSA) is 63.6 Å². The zero-order valence-corrected chi connectivity index (χ0v) is 13.8. The molecule has 0 heterocycles. The van der Waals surface area contributed by atoms with Gasteiger partial charge in [0.25, 0.3) is 10.1 Å². The molecule has 0 aliphatic carbocycles. The second kappa shape index (κ2) is 17.9. The summed E-state index contributed by atoms with van der Waals surface area (Å²) >= 11 is 0. The third kappa shape index (κ3) is 19.5. The SMILES string of the molecule is CCCCCCCCCCCCOS(=O)(=O)CCCO.[KH]. The van der Waals surface area contributed by atoms with Crippen LogP contribution in [0.15, 0.2) is 0 Å². The Kier molecular flexibility index (Phi) is 21.0. The number of rotatable bonds is 15. The van der Waals surface area contributed by atoms with Crippen LogP contribution in [0.2, 0.25) is 0 Å². The zero-order valence-electron chi connectivity index (χ0n) is 13.0. The minimum absolute atomic E-state index is 0. The average Bonchev–Trinajstić information content (AvgIpc) is 2.42. The molecule has 1 N–H and O–H groups in total. The molecule has 124 valence electrons. The molecule has 0 aliphatic heterocycles. The Morgan fingerprint density at radius 1 is 0.810 bits per heavy atom. The van der Waals surface area contributed by atoms with E-state index in [1.54, 1.807) is 0 Å². The summed E-state index contributed by atoms with van der Waals surface area (Å²) < 4.78 is 27.5. The molecular formula is C15H33KO4S. The van der Waals surface area contributed by atoms with Crippen molar-refractivity contribution in [2.45, 2.75) is 77.6 Å². The summed E-state index contributed by atoms with van der Waals surface area (Å²) in [5.41, 5.74) is 0. The first-order valence-electron chi connectivity index (χ1n) is 8.10. The van der Waals surface area contributed by atoms with Crippen molar-refractivity contribution in [3.05, 3.63) is 0 Å². The van der Waals surface area contributed by atoms with Gasteiger partial charge in [0.15, 0.2) is 0 Å². The molecule has 0 bridgehead atoms. The van der Waals surface area contributed by atoms with Crippen LogP contribution in [0.4, 0.5) is 0 Å². The molecule has 0 unspecified atom stereocenters. The van der Waals surface area contributed by atoms with Gasteiger partial charge < -0.3 is 5.11 Å². The van der Waals surface area contributed by atoms with E-state index in [4.69, 9.17) is 9.29 Å². The molecule has 0 radical (unpaired) electrons. The van der Waals surface area contributed by atoms with Crippen molar-refractivity contribution in [2.24, 2.45) is 0 Å². The first kappa shape index (κ1) is 24.8. The Hall–Kier alpha value is 1.51. The summed E-state index contributed by atoms with van der Waals surface area (Å²) in [5.74, 6) is -0.0821. The van der Waals surface area contributed by atoms with Crippen molar-refractivity contribution in [1.29, 1.82) is 0 Å². The third-order valence-electron chi connectivity index (χ3n) is 3.31. The molecule has 0 saturated heterocycles. The molecule has 0 aromatic heterocycles. The van der Waals surface area contributed by atoms with E-state index in [1.807, 2.05) is 0 Å². The average molecular weight is 349 g/mol. The zero-order chi connectivity index (χ0) is 15.1. The Morgan fingerprint density at radius 3 is 1.76 bits per heavy atom. The summed E-state index contributed by atoms with van der Waals surface area (Å²) in [7, 11) is -3.41. The second-order valence-corrected chi connectivity index (χ2v) is 7.10. The van der Waals surface area contributed by atoms with Gasteiger partial charge in [0.05, 0.1) is 12.4 Å². The van der Waals surface area contributed by atoms with E-state index in [9.17, 15) is 8.42 Å². The number of unbranched alkanes of at least 4 members (excludes halogenated alkanes) is 9. The van der Waals surface area contributed by atoms with Gasteiger partial charge in [-0.15, -0.1) is 0 Å². The fourth-order valence-electron chi connectivity index (χ4n) is 2.08. The number of hydrogen-bond acceptors (Lipinski definition) is 4. The Labute approximate surface area is 174 Å². The fourth-order valence-corrected chi connectivity index (χ4v) is 3.05. The van der Waals surface area contributed by atoms with Crippen molar-refractivity contribution in [3.8, 4) is 0 Å². The van der Waals surface area contributed by atoms with Crippen LogP contribution in [0, 0.1) is 0 Å². The van der Waals surface area contributed by atoms with Gasteiger partial charge >= 0.3 is 51.4 Å². The third-order valence-corrected chi connectivity index (χ3v) is 4.63. The fraction of sp³-hybridized carbons (Fsp3) is 1.00. The van der Waals surface area contributed by atoms with E-state index >= 15 is 0 Å². The summed E-state index contributed by atoms with van der Waals surface area (Å²) in [4.78, 5) is 0. The van der Waals surface area contributed by atoms with Gasteiger partial charge in [0, 0.05) is 6.61 Å². The van der Waals surface area contributed by atoms with Crippen molar-refractivity contribution in [1.82, 2.24) is 0 Å². The predicted molar refractivity (Wildman–Crippen MR) is 90.4 cm³/mol. The van der Waals surface area contributed by atoms with Crippen LogP contribution >= 0.6 is 0 Å². The molecule has 21 heavy (non-hydrogen) atoms. The van der Waals surface area contributed by atoms with Crippen LogP contribution < -0.4 is 0 Å². The molecule has 0 atom stereocenters. The van der Waals surface area contributed by atoms with E-state index < -0.39 is 10.1 Å². The normalized spacial score (nSPS) is 11.3. The maximum absolute atomic E-state index is 11.3. The molecule has 0 fully saturated rings. The molecule has 6 heteroatoms. The van der Waals surface area contributed by atoms with Crippen LogP contribution in [-0.4, -0.2) is 83.9 Å². The standard InChI is InChI=1S/C15H32O4S.K.H/c1-2-3-4-5-6-7-8-9-10-11-14-19-20(17,18)15-12-13-16;;/h16H,2-15H2,1H3;;. The second-order valence-electron chi connectivity index (χ2n) is 5.34. The van der Waals surface area contributed by atoms with Crippen LogP contribution in [-0.2, 0) is 14.3 Å².